The van der Waals surface area contributed by atoms with E-state index in [0.29, 0.717) is 5.56 Å². The van der Waals surface area contributed by atoms with Gasteiger partial charge in [0.25, 0.3) is 0 Å². The first-order chi connectivity index (χ1) is 8.26. The van der Waals surface area contributed by atoms with Gasteiger partial charge < -0.3 is 5.32 Å². The fraction of sp³-hybridized carbons (Fsp3) is 0.286. The Hall–Kier alpha value is -1.19. The van der Waals surface area contributed by atoms with Gasteiger partial charge in [-0.2, -0.15) is 0 Å². The Morgan fingerprint density at radius 2 is 2.00 bits per heavy atom. The molecule has 0 amide bonds. The van der Waals surface area contributed by atoms with E-state index < -0.39 is 0 Å². The average Bonchev–Trinajstić information content (AvgIpc) is 2.81. The summed E-state index contributed by atoms with van der Waals surface area (Å²) in [7, 11) is 1.86. The number of aryl methyl sites for hydroxylation is 1. The van der Waals surface area contributed by atoms with Crippen molar-refractivity contribution in [3.63, 3.8) is 0 Å². The molecule has 1 nitrogen and oxygen atoms in total. The largest absolute Gasteiger partial charge is 0.309 e. The van der Waals surface area contributed by atoms with Gasteiger partial charge in [0, 0.05) is 15.3 Å². The lowest BCUT2D eigenvalue weighted by molar-refractivity contribution is 0.579. The number of hydrogen-bond donors (Lipinski definition) is 1. The van der Waals surface area contributed by atoms with E-state index in [0.717, 1.165) is 11.3 Å². The van der Waals surface area contributed by atoms with Crippen LogP contribution in [-0.4, -0.2) is 7.05 Å². The zero-order valence-corrected chi connectivity index (χ0v) is 10.9. The van der Waals surface area contributed by atoms with Crippen molar-refractivity contribution < 1.29 is 4.39 Å². The smallest absolute Gasteiger partial charge is 0.128 e. The number of halogens is 1. The van der Waals surface area contributed by atoms with Gasteiger partial charge in [0.05, 0.1) is 6.04 Å². The Bertz CT molecular complexity index is 492. The summed E-state index contributed by atoms with van der Waals surface area (Å²) in [5.74, 6) is -0.154. The highest BCUT2D eigenvalue weighted by molar-refractivity contribution is 7.12. The summed E-state index contributed by atoms with van der Waals surface area (Å²) >= 11 is 1.74. The molecule has 2 rings (SSSR count). The number of benzene rings is 1. The molecule has 0 radical (unpaired) electrons. The fourth-order valence-corrected chi connectivity index (χ4v) is 2.98. The van der Waals surface area contributed by atoms with Gasteiger partial charge in [0.2, 0.25) is 0 Å². The van der Waals surface area contributed by atoms with Crippen LogP contribution in [0.4, 0.5) is 4.39 Å². The van der Waals surface area contributed by atoms with Crippen LogP contribution in [-0.2, 0) is 6.42 Å². The molecule has 1 atom stereocenters. The molecule has 90 valence electrons. The van der Waals surface area contributed by atoms with Crippen molar-refractivity contribution in [3.8, 4) is 0 Å². The van der Waals surface area contributed by atoms with Crippen LogP contribution < -0.4 is 5.32 Å². The van der Waals surface area contributed by atoms with Crippen LogP contribution in [0.25, 0.3) is 0 Å². The first-order valence-corrected chi connectivity index (χ1v) is 6.58. The molecule has 0 bridgehead atoms. The Balaban J connectivity index is 2.36. The molecule has 1 aromatic heterocycles. The summed E-state index contributed by atoms with van der Waals surface area (Å²) in [5, 5.41) is 3.18. The van der Waals surface area contributed by atoms with E-state index in [1.807, 2.05) is 19.2 Å². The Morgan fingerprint density at radius 1 is 1.24 bits per heavy atom. The maximum Gasteiger partial charge on any atom is 0.128 e. The topological polar surface area (TPSA) is 12.0 Å². The quantitative estimate of drug-likeness (QED) is 0.870. The third kappa shape index (κ3) is 2.56. The van der Waals surface area contributed by atoms with E-state index >= 15 is 0 Å². The van der Waals surface area contributed by atoms with Crippen molar-refractivity contribution >= 4 is 11.3 Å². The van der Waals surface area contributed by atoms with E-state index in [9.17, 15) is 4.39 Å². The molecule has 0 saturated carbocycles. The second-order valence-corrected chi connectivity index (χ2v) is 5.10. The van der Waals surface area contributed by atoms with Gasteiger partial charge in [-0.1, -0.05) is 25.1 Å². The molecular formula is C14H16FNS. The summed E-state index contributed by atoms with van der Waals surface area (Å²) in [4.78, 5) is 2.49. The first-order valence-electron chi connectivity index (χ1n) is 5.76. The molecule has 0 aliphatic carbocycles. The van der Waals surface area contributed by atoms with Crippen LogP contribution in [0.15, 0.2) is 36.4 Å². The van der Waals surface area contributed by atoms with Crippen molar-refractivity contribution in [2.75, 3.05) is 7.05 Å². The molecule has 1 aromatic carbocycles. The molecule has 2 aromatic rings. The zero-order valence-electron chi connectivity index (χ0n) is 10.0. The number of hydrogen-bond acceptors (Lipinski definition) is 2. The van der Waals surface area contributed by atoms with Gasteiger partial charge in [-0.05, 0) is 31.7 Å². The van der Waals surface area contributed by atoms with Crippen LogP contribution in [0, 0.1) is 5.82 Å². The summed E-state index contributed by atoms with van der Waals surface area (Å²) in [6.45, 7) is 2.13. The van der Waals surface area contributed by atoms with Gasteiger partial charge >= 0.3 is 0 Å². The highest BCUT2D eigenvalue weighted by Gasteiger charge is 2.17. The molecule has 0 aliphatic rings. The second kappa shape index (κ2) is 5.43. The van der Waals surface area contributed by atoms with Gasteiger partial charge in [0.15, 0.2) is 0 Å². The zero-order chi connectivity index (χ0) is 12.3. The minimum absolute atomic E-state index is 0.0542. The third-order valence-corrected chi connectivity index (χ3v) is 4.11. The molecular weight excluding hydrogens is 233 g/mol. The molecule has 0 fully saturated rings. The van der Waals surface area contributed by atoms with E-state index in [1.54, 1.807) is 17.4 Å². The number of nitrogens with one attached hydrogen (secondary N) is 1. The van der Waals surface area contributed by atoms with Crippen molar-refractivity contribution in [3.05, 3.63) is 57.5 Å². The van der Waals surface area contributed by atoms with Crippen molar-refractivity contribution in [1.29, 1.82) is 0 Å². The highest BCUT2D eigenvalue weighted by atomic mass is 32.1. The maximum atomic E-state index is 13.8. The number of rotatable bonds is 4. The number of thiophene rings is 1. The molecule has 0 aliphatic heterocycles. The summed E-state index contributed by atoms with van der Waals surface area (Å²) < 4.78 is 13.8. The first kappa shape index (κ1) is 12.3. The Morgan fingerprint density at radius 3 is 2.59 bits per heavy atom. The lowest BCUT2D eigenvalue weighted by Crippen LogP contribution is -2.17. The molecule has 17 heavy (non-hydrogen) atoms. The minimum atomic E-state index is -0.154. The normalized spacial score (nSPS) is 12.6. The Labute approximate surface area is 105 Å². The second-order valence-electron chi connectivity index (χ2n) is 3.90. The van der Waals surface area contributed by atoms with E-state index in [2.05, 4.69) is 24.4 Å². The molecule has 3 heteroatoms. The average molecular weight is 249 g/mol. The summed E-state index contributed by atoms with van der Waals surface area (Å²) in [6.07, 6.45) is 1.03. The molecule has 0 spiro atoms. The molecule has 1 heterocycles. The van der Waals surface area contributed by atoms with E-state index in [4.69, 9.17) is 0 Å². The standard InChI is InChI=1S/C14H16FNS/c1-3-10-8-9-13(17-10)14(16-2)11-6-4-5-7-12(11)15/h4-9,14,16H,3H2,1-2H3. The Kier molecular flexibility index (Phi) is 3.92. The van der Waals surface area contributed by atoms with Crippen LogP contribution >= 0.6 is 11.3 Å². The third-order valence-electron chi connectivity index (χ3n) is 2.82. The predicted molar refractivity (Wildman–Crippen MR) is 71.0 cm³/mol. The predicted octanol–water partition coefficient (Wildman–Crippen LogP) is 3.76. The van der Waals surface area contributed by atoms with Crippen LogP contribution in [0.5, 0.6) is 0 Å². The lowest BCUT2D eigenvalue weighted by Gasteiger charge is -2.15. The van der Waals surface area contributed by atoms with Crippen LogP contribution in [0.2, 0.25) is 0 Å². The van der Waals surface area contributed by atoms with Crippen molar-refractivity contribution in [2.24, 2.45) is 0 Å². The molecule has 0 saturated heterocycles. The van der Waals surface area contributed by atoms with Crippen molar-refractivity contribution in [1.82, 2.24) is 5.32 Å². The monoisotopic (exact) mass is 249 g/mol. The lowest BCUT2D eigenvalue weighted by atomic mass is 10.1. The van der Waals surface area contributed by atoms with Crippen molar-refractivity contribution in [2.45, 2.75) is 19.4 Å². The summed E-state index contributed by atoms with van der Waals surface area (Å²) in [5.41, 5.74) is 0.708. The summed E-state index contributed by atoms with van der Waals surface area (Å²) in [6, 6.07) is 11.1. The van der Waals surface area contributed by atoms with Gasteiger partial charge in [-0.25, -0.2) is 4.39 Å². The van der Waals surface area contributed by atoms with E-state index in [-0.39, 0.29) is 11.9 Å². The highest BCUT2D eigenvalue weighted by Crippen LogP contribution is 2.29. The molecule has 1 unspecified atom stereocenters. The van der Waals surface area contributed by atoms with Crippen LogP contribution in [0.1, 0.15) is 28.3 Å². The van der Waals surface area contributed by atoms with E-state index in [1.165, 1.54) is 10.9 Å². The van der Waals surface area contributed by atoms with Gasteiger partial charge in [-0.15, -0.1) is 11.3 Å². The SMILES string of the molecule is CCc1ccc(C(NC)c2ccccc2F)s1. The van der Waals surface area contributed by atoms with Gasteiger partial charge in [-0.3, -0.25) is 0 Å². The fourth-order valence-electron chi connectivity index (χ4n) is 1.90. The minimum Gasteiger partial charge on any atom is -0.309 e. The maximum absolute atomic E-state index is 13.8. The van der Waals surface area contributed by atoms with Crippen LogP contribution in [0.3, 0.4) is 0 Å². The molecule has 1 N–H and O–H groups in total. The van der Waals surface area contributed by atoms with Gasteiger partial charge in [0.1, 0.15) is 5.82 Å².